The number of benzene rings is 1. The normalized spacial score (nSPS) is 11.9. The Bertz CT molecular complexity index is 1160. The van der Waals surface area contributed by atoms with E-state index in [2.05, 4.69) is 25.6 Å². The second-order valence-corrected chi connectivity index (χ2v) is 5.75. The van der Waals surface area contributed by atoms with Crippen LogP contribution >= 0.6 is 0 Å². The van der Waals surface area contributed by atoms with Crippen LogP contribution in [0.5, 0.6) is 0 Å². The molecule has 11 heteroatoms. The number of fused-ring (bicyclic) bond motifs is 2. The molecular weight excluding hydrogens is 363 g/mol. The molecule has 0 unspecified atom stereocenters. The average Bonchev–Trinajstić information content (AvgIpc) is 3.16. The number of hydrogen-bond donors (Lipinski definition) is 3. The monoisotopic (exact) mass is 375 g/mol. The number of nitrogens with zero attached hydrogens (tertiary/aromatic N) is 4. The first-order valence-electron chi connectivity index (χ1n) is 7.74. The summed E-state index contributed by atoms with van der Waals surface area (Å²) in [5, 5.41) is 16.2. The molecule has 3 N–H and O–H groups in total. The molecule has 0 saturated carbocycles. The molecule has 8 nitrogen and oxygen atoms in total. The summed E-state index contributed by atoms with van der Waals surface area (Å²) >= 11 is 0. The van der Waals surface area contributed by atoms with E-state index in [4.69, 9.17) is 0 Å². The Kier molecular flexibility index (Phi) is 3.72. The van der Waals surface area contributed by atoms with Crippen LogP contribution in [0.15, 0.2) is 36.5 Å². The lowest BCUT2D eigenvalue weighted by atomic mass is 10.2. The average molecular weight is 375 g/mol. The summed E-state index contributed by atoms with van der Waals surface area (Å²) < 4.78 is 38.8. The van der Waals surface area contributed by atoms with Gasteiger partial charge in [-0.05, 0) is 30.3 Å². The zero-order chi connectivity index (χ0) is 19.2. The number of nitrogens with one attached hydrogen (secondary N) is 3. The summed E-state index contributed by atoms with van der Waals surface area (Å²) in [7, 11) is 1.57. The van der Waals surface area contributed by atoms with Crippen molar-refractivity contribution in [1.29, 1.82) is 0 Å². The van der Waals surface area contributed by atoms with Crippen LogP contribution in [-0.4, -0.2) is 37.0 Å². The summed E-state index contributed by atoms with van der Waals surface area (Å²) in [4.78, 5) is 15.4. The quantitative estimate of drug-likeness (QED) is 0.511. The first-order valence-corrected chi connectivity index (χ1v) is 7.74. The van der Waals surface area contributed by atoms with E-state index in [-0.39, 0.29) is 5.82 Å². The minimum Gasteiger partial charge on any atom is -0.337 e. The van der Waals surface area contributed by atoms with E-state index in [0.717, 1.165) is 5.52 Å². The lowest BCUT2D eigenvalue weighted by molar-refractivity contribution is -0.167. The van der Waals surface area contributed by atoms with Crippen LogP contribution in [0, 0.1) is 0 Å². The molecule has 0 aliphatic rings. The number of carbonyl (C=O) groups excluding carboxylic acids is 1. The van der Waals surface area contributed by atoms with Crippen molar-refractivity contribution in [2.75, 3.05) is 10.6 Å². The van der Waals surface area contributed by atoms with Crippen molar-refractivity contribution in [3.05, 3.63) is 36.5 Å². The van der Waals surface area contributed by atoms with E-state index in [0.29, 0.717) is 27.9 Å². The highest BCUT2D eigenvalue weighted by atomic mass is 19.4. The Morgan fingerprint density at radius 2 is 2.04 bits per heavy atom. The van der Waals surface area contributed by atoms with Gasteiger partial charge in [-0.1, -0.05) is 0 Å². The Morgan fingerprint density at radius 1 is 1.22 bits per heavy atom. The first kappa shape index (κ1) is 16.8. The topological polar surface area (TPSA) is 101 Å². The van der Waals surface area contributed by atoms with Crippen molar-refractivity contribution in [1.82, 2.24) is 25.0 Å². The van der Waals surface area contributed by atoms with E-state index in [1.807, 2.05) is 6.07 Å². The molecule has 0 atom stereocenters. The number of aryl methyl sites for hydroxylation is 1. The maximum atomic E-state index is 12.5. The molecule has 0 radical (unpaired) electrons. The van der Waals surface area contributed by atoms with Gasteiger partial charge in [0.05, 0.1) is 11.0 Å². The van der Waals surface area contributed by atoms with E-state index in [1.54, 1.807) is 42.8 Å². The first-order chi connectivity index (χ1) is 12.8. The molecule has 1 aromatic carbocycles. The van der Waals surface area contributed by atoms with Gasteiger partial charge >= 0.3 is 12.1 Å². The van der Waals surface area contributed by atoms with Gasteiger partial charge in [0.15, 0.2) is 11.6 Å². The molecule has 0 aliphatic carbocycles. The van der Waals surface area contributed by atoms with Gasteiger partial charge in [-0.2, -0.15) is 23.4 Å². The van der Waals surface area contributed by atoms with Gasteiger partial charge in [0, 0.05) is 24.3 Å². The van der Waals surface area contributed by atoms with Gasteiger partial charge in [0.2, 0.25) is 0 Å². The SMILES string of the molecule is Cn1nc(NC(=O)C(F)(F)F)c2ccc(Nc3n[nH]c4cccnc34)cc21. The van der Waals surface area contributed by atoms with Crippen LogP contribution in [-0.2, 0) is 11.8 Å². The molecule has 3 aromatic heterocycles. The summed E-state index contributed by atoms with van der Waals surface area (Å²) in [6, 6.07) is 8.52. The van der Waals surface area contributed by atoms with Crippen LogP contribution in [0.25, 0.3) is 21.9 Å². The van der Waals surface area contributed by atoms with Crippen molar-refractivity contribution in [2.24, 2.45) is 7.05 Å². The number of halogens is 3. The molecule has 0 spiro atoms. The number of anilines is 3. The van der Waals surface area contributed by atoms with Crippen molar-refractivity contribution in [2.45, 2.75) is 6.18 Å². The number of H-pyrrole nitrogens is 1. The molecule has 27 heavy (non-hydrogen) atoms. The highest BCUT2D eigenvalue weighted by molar-refractivity contribution is 6.02. The lowest BCUT2D eigenvalue weighted by Gasteiger charge is -2.06. The standard InChI is InChI=1S/C16H12F3N7O/c1-26-11-7-8(21-14-12-10(23-24-14)3-2-6-20-12)4-5-9(11)13(25-26)22-15(27)16(17,18)19/h2-7H,1H3,(H2,21,23,24)(H,22,25,27). The van der Waals surface area contributed by atoms with E-state index < -0.39 is 12.1 Å². The smallest absolute Gasteiger partial charge is 0.337 e. The van der Waals surface area contributed by atoms with Crippen LogP contribution in [0.1, 0.15) is 0 Å². The Hall–Kier alpha value is -3.63. The number of aromatic nitrogens is 5. The molecule has 0 aliphatic heterocycles. The molecule has 0 fully saturated rings. The van der Waals surface area contributed by atoms with Crippen LogP contribution < -0.4 is 10.6 Å². The zero-order valence-electron chi connectivity index (χ0n) is 13.8. The van der Waals surface area contributed by atoms with Crippen molar-refractivity contribution in [3.63, 3.8) is 0 Å². The summed E-state index contributed by atoms with van der Waals surface area (Å²) in [5.41, 5.74) is 2.59. The van der Waals surface area contributed by atoms with Crippen LogP contribution in [0.3, 0.4) is 0 Å². The second-order valence-electron chi connectivity index (χ2n) is 5.75. The summed E-state index contributed by atoms with van der Waals surface area (Å²) in [6.45, 7) is 0. The Labute approximate surface area is 149 Å². The highest BCUT2D eigenvalue weighted by Gasteiger charge is 2.39. The second kappa shape index (κ2) is 5.97. The van der Waals surface area contributed by atoms with Crippen molar-refractivity contribution < 1.29 is 18.0 Å². The third kappa shape index (κ3) is 3.03. The summed E-state index contributed by atoms with van der Waals surface area (Å²) in [6.07, 6.45) is -3.34. The predicted octanol–water partition coefficient (Wildman–Crippen LogP) is 3.09. The Morgan fingerprint density at radius 3 is 2.81 bits per heavy atom. The zero-order valence-corrected chi connectivity index (χ0v) is 13.8. The van der Waals surface area contributed by atoms with Gasteiger partial charge in [-0.25, -0.2) is 0 Å². The number of aromatic amines is 1. The highest BCUT2D eigenvalue weighted by Crippen LogP contribution is 2.29. The molecule has 4 rings (SSSR count). The molecule has 1 amide bonds. The van der Waals surface area contributed by atoms with Gasteiger partial charge in [-0.15, -0.1) is 0 Å². The number of alkyl halides is 3. The largest absolute Gasteiger partial charge is 0.471 e. The summed E-state index contributed by atoms with van der Waals surface area (Å²) in [5.74, 6) is -1.72. The van der Waals surface area contributed by atoms with E-state index >= 15 is 0 Å². The minimum absolute atomic E-state index is 0.159. The fourth-order valence-corrected chi connectivity index (χ4v) is 2.68. The maximum Gasteiger partial charge on any atom is 0.471 e. The van der Waals surface area contributed by atoms with Crippen molar-refractivity contribution >= 4 is 45.2 Å². The number of pyridine rings is 1. The Balaban J connectivity index is 1.67. The number of amides is 1. The molecule has 0 bridgehead atoms. The van der Waals surface area contributed by atoms with Crippen LogP contribution in [0.4, 0.5) is 30.5 Å². The van der Waals surface area contributed by atoms with Crippen LogP contribution in [0.2, 0.25) is 0 Å². The maximum absolute atomic E-state index is 12.5. The fraction of sp³-hybridized carbons (Fsp3) is 0.125. The van der Waals surface area contributed by atoms with E-state index in [9.17, 15) is 18.0 Å². The number of rotatable bonds is 3. The molecular formula is C16H12F3N7O. The lowest BCUT2D eigenvalue weighted by Crippen LogP contribution is -2.30. The molecule has 0 saturated heterocycles. The van der Waals surface area contributed by atoms with Crippen molar-refractivity contribution in [3.8, 4) is 0 Å². The third-order valence-electron chi connectivity index (χ3n) is 3.92. The van der Waals surface area contributed by atoms with E-state index in [1.165, 1.54) is 4.68 Å². The molecule has 138 valence electrons. The minimum atomic E-state index is -4.99. The molecule has 4 aromatic rings. The third-order valence-corrected chi connectivity index (χ3v) is 3.92. The number of hydrogen-bond acceptors (Lipinski definition) is 5. The van der Waals surface area contributed by atoms with Gasteiger partial charge < -0.3 is 10.6 Å². The van der Waals surface area contributed by atoms with Gasteiger partial charge in [-0.3, -0.25) is 19.6 Å². The number of carbonyl (C=O) groups is 1. The fourth-order valence-electron chi connectivity index (χ4n) is 2.68. The van der Waals surface area contributed by atoms with Gasteiger partial charge in [0.25, 0.3) is 0 Å². The molecule has 3 heterocycles. The van der Waals surface area contributed by atoms with Gasteiger partial charge in [0.1, 0.15) is 5.52 Å². The predicted molar refractivity (Wildman–Crippen MR) is 92.6 cm³/mol.